The highest BCUT2D eigenvalue weighted by Gasteiger charge is 2.32. The molecule has 2 heterocycles. The van der Waals surface area contributed by atoms with Crippen molar-refractivity contribution in [3.8, 4) is 0 Å². The lowest BCUT2D eigenvalue weighted by atomic mass is 10.0. The third-order valence-electron chi connectivity index (χ3n) is 4.63. The Bertz CT molecular complexity index is 950. The SMILES string of the molecule is COC1=CNc2ccccc2C2=C1C=CS(=O)(=O)N2CCCCCC(=O)NO. The van der Waals surface area contributed by atoms with E-state index in [0.29, 0.717) is 36.3 Å². The van der Waals surface area contributed by atoms with Gasteiger partial charge in [-0.25, -0.2) is 13.9 Å². The minimum Gasteiger partial charge on any atom is -0.495 e. The number of hydrogen-bond donors (Lipinski definition) is 3. The van der Waals surface area contributed by atoms with Gasteiger partial charge in [0, 0.05) is 36.0 Å². The average Bonchev–Trinajstić information content (AvgIpc) is 2.85. The Hall–Kier alpha value is -2.78. The zero-order valence-electron chi connectivity index (χ0n) is 15.5. The van der Waals surface area contributed by atoms with E-state index >= 15 is 0 Å². The smallest absolute Gasteiger partial charge is 0.257 e. The molecular formula is C19H23N3O5S. The number of unbranched alkanes of at least 4 members (excludes halogenated alkanes) is 2. The molecule has 0 bridgehead atoms. The number of methoxy groups -OCH3 is 1. The number of hydrogen-bond acceptors (Lipinski definition) is 6. The van der Waals surface area contributed by atoms with Crippen molar-refractivity contribution in [3.63, 3.8) is 0 Å². The molecule has 0 aromatic heterocycles. The van der Waals surface area contributed by atoms with Crippen molar-refractivity contribution in [1.29, 1.82) is 0 Å². The number of nitrogens with one attached hydrogen (secondary N) is 2. The summed E-state index contributed by atoms with van der Waals surface area (Å²) in [4.78, 5) is 11.1. The van der Waals surface area contributed by atoms with Crippen molar-refractivity contribution < 1.29 is 23.2 Å². The maximum atomic E-state index is 12.8. The number of carbonyl (C=O) groups is 1. The predicted octanol–water partition coefficient (Wildman–Crippen LogP) is 2.54. The number of para-hydroxylation sites is 1. The van der Waals surface area contributed by atoms with Crippen molar-refractivity contribution in [1.82, 2.24) is 9.79 Å². The maximum Gasteiger partial charge on any atom is 0.257 e. The van der Waals surface area contributed by atoms with Crippen molar-refractivity contribution >= 4 is 27.3 Å². The topological polar surface area (TPSA) is 108 Å². The van der Waals surface area contributed by atoms with E-state index in [2.05, 4.69) is 5.32 Å². The number of carbonyl (C=O) groups excluding carboxylic acids is 1. The second kappa shape index (κ2) is 8.49. The minimum absolute atomic E-state index is 0.195. The average molecular weight is 405 g/mol. The van der Waals surface area contributed by atoms with Crippen LogP contribution >= 0.6 is 0 Å². The van der Waals surface area contributed by atoms with E-state index in [1.54, 1.807) is 24.9 Å². The van der Waals surface area contributed by atoms with Crippen LogP contribution in [0.5, 0.6) is 0 Å². The zero-order valence-corrected chi connectivity index (χ0v) is 16.3. The molecule has 2 aliphatic heterocycles. The zero-order chi connectivity index (χ0) is 20.1. The summed E-state index contributed by atoms with van der Waals surface area (Å²) >= 11 is 0. The lowest BCUT2D eigenvalue weighted by Gasteiger charge is -2.30. The van der Waals surface area contributed by atoms with E-state index in [4.69, 9.17) is 9.94 Å². The molecule has 3 N–H and O–H groups in total. The number of benzene rings is 1. The molecule has 1 aromatic rings. The molecule has 150 valence electrons. The summed E-state index contributed by atoms with van der Waals surface area (Å²) < 4.78 is 32.5. The van der Waals surface area contributed by atoms with Gasteiger partial charge in [0.1, 0.15) is 5.76 Å². The number of amides is 1. The van der Waals surface area contributed by atoms with Crippen molar-refractivity contribution in [2.24, 2.45) is 0 Å². The Balaban J connectivity index is 1.90. The van der Waals surface area contributed by atoms with Crippen molar-refractivity contribution in [2.75, 3.05) is 19.0 Å². The number of hydroxylamine groups is 1. The van der Waals surface area contributed by atoms with Crippen LogP contribution < -0.4 is 10.8 Å². The van der Waals surface area contributed by atoms with Gasteiger partial charge in [-0.2, -0.15) is 0 Å². The van der Waals surface area contributed by atoms with E-state index in [-0.39, 0.29) is 13.0 Å². The van der Waals surface area contributed by atoms with Gasteiger partial charge in [0.15, 0.2) is 0 Å². The first-order valence-corrected chi connectivity index (χ1v) is 10.5. The molecule has 0 radical (unpaired) electrons. The van der Waals surface area contributed by atoms with E-state index in [1.807, 2.05) is 24.3 Å². The maximum absolute atomic E-state index is 12.8. The van der Waals surface area contributed by atoms with E-state index in [0.717, 1.165) is 11.3 Å². The molecule has 1 aromatic carbocycles. The lowest BCUT2D eigenvalue weighted by Crippen LogP contribution is -2.32. The highest BCUT2D eigenvalue weighted by atomic mass is 32.2. The molecule has 0 unspecified atom stereocenters. The first-order chi connectivity index (χ1) is 13.5. The number of nitrogens with zero attached hydrogens (tertiary/aromatic N) is 1. The standard InChI is InChI=1S/C19H23N3O5S/c1-27-17-13-20-16-8-5-4-7-14(16)19-15(17)10-12-28(25,26)22(19)11-6-2-3-9-18(23)21-24/h4-5,7-8,10,12-13,20,24H,2-3,6,9,11H2,1H3,(H,21,23). The molecule has 0 atom stereocenters. The van der Waals surface area contributed by atoms with Gasteiger partial charge in [-0.3, -0.25) is 14.3 Å². The minimum atomic E-state index is -3.63. The number of allylic oxidation sites excluding steroid dienone is 1. The summed E-state index contributed by atoms with van der Waals surface area (Å²) in [5.74, 6) is 0.0964. The summed E-state index contributed by atoms with van der Waals surface area (Å²) in [6, 6.07) is 7.49. The van der Waals surface area contributed by atoms with Crippen LogP contribution in [0, 0.1) is 0 Å². The van der Waals surface area contributed by atoms with Crippen LogP contribution in [0.25, 0.3) is 5.70 Å². The largest absolute Gasteiger partial charge is 0.495 e. The first kappa shape index (κ1) is 20.0. The number of sulfonamides is 1. The highest BCUT2D eigenvalue weighted by Crippen LogP contribution is 2.39. The predicted molar refractivity (Wildman–Crippen MR) is 105 cm³/mol. The lowest BCUT2D eigenvalue weighted by molar-refractivity contribution is -0.129. The van der Waals surface area contributed by atoms with Crippen LogP contribution in [0.3, 0.4) is 0 Å². The molecule has 28 heavy (non-hydrogen) atoms. The molecule has 2 aliphatic rings. The van der Waals surface area contributed by atoms with Crippen LogP contribution in [0.2, 0.25) is 0 Å². The molecule has 9 heteroatoms. The normalized spacial score (nSPS) is 17.1. The number of fused-ring (bicyclic) bond motifs is 2. The van der Waals surface area contributed by atoms with Crippen molar-refractivity contribution in [2.45, 2.75) is 25.7 Å². The number of ether oxygens (including phenoxy) is 1. The second-order valence-electron chi connectivity index (χ2n) is 6.43. The summed E-state index contributed by atoms with van der Waals surface area (Å²) in [6.07, 6.45) is 5.26. The molecule has 8 nitrogen and oxygen atoms in total. The molecular weight excluding hydrogens is 382 g/mol. The van der Waals surface area contributed by atoms with Crippen LogP contribution in [-0.4, -0.2) is 37.5 Å². The Morgan fingerprint density at radius 2 is 2.04 bits per heavy atom. The summed E-state index contributed by atoms with van der Waals surface area (Å²) in [7, 11) is -2.08. The van der Waals surface area contributed by atoms with Gasteiger partial charge in [-0.05, 0) is 25.0 Å². The number of anilines is 1. The molecule has 3 rings (SSSR count). The van der Waals surface area contributed by atoms with Crippen LogP contribution in [0.15, 0.2) is 53.3 Å². The fraction of sp³-hybridized carbons (Fsp3) is 0.316. The third kappa shape index (κ3) is 4.05. The third-order valence-corrected chi connectivity index (χ3v) is 6.09. The number of rotatable bonds is 7. The fourth-order valence-electron chi connectivity index (χ4n) is 3.26. The monoisotopic (exact) mass is 405 g/mol. The Morgan fingerprint density at radius 3 is 2.79 bits per heavy atom. The van der Waals surface area contributed by atoms with E-state index in [9.17, 15) is 13.2 Å². The Morgan fingerprint density at radius 1 is 1.25 bits per heavy atom. The molecule has 0 saturated carbocycles. The first-order valence-electron chi connectivity index (χ1n) is 8.96. The second-order valence-corrected chi connectivity index (χ2v) is 8.17. The van der Waals surface area contributed by atoms with Gasteiger partial charge in [0.25, 0.3) is 10.0 Å². The van der Waals surface area contributed by atoms with Crippen LogP contribution in [0.1, 0.15) is 31.2 Å². The molecule has 0 spiro atoms. The van der Waals surface area contributed by atoms with E-state index in [1.165, 1.54) is 9.71 Å². The van der Waals surface area contributed by atoms with Gasteiger partial charge in [0.05, 0.1) is 18.2 Å². The summed E-state index contributed by atoms with van der Waals surface area (Å²) in [5, 5.41) is 12.9. The van der Waals surface area contributed by atoms with Crippen molar-refractivity contribution in [3.05, 3.63) is 58.8 Å². The van der Waals surface area contributed by atoms with Gasteiger partial charge >= 0.3 is 0 Å². The van der Waals surface area contributed by atoms with Gasteiger partial charge in [-0.15, -0.1) is 0 Å². The molecule has 0 fully saturated rings. The fourth-order valence-corrected chi connectivity index (χ4v) is 4.55. The quantitative estimate of drug-likeness (QED) is 0.366. The van der Waals surface area contributed by atoms with Crippen LogP contribution in [-0.2, 0) is 19.6 Å². The molecule has 0 aliphatic carbocycles. The Kier molecular flexibility index (Phi) is 6.05. The van der Waals surface area contributed by atoms with Gasteiger partial charge < -0.3 is 10.1 Å². The van der Waals surface area contributed by atoms with Gasteiger partial charge in [-0.1, -0.05) is 24.6 Å². The van der Waals surface area contributed by atoms with Gasteiger partial charge in [0.2, 0.25) is 5.91 Å². The highest BCUT2D eigenvalue weighted by molar-refractivity contribution is 7.92. The molecule has 1 amide bonds. The van der Waals surface area contributed by atoms with E-state index < -0.39 is 15.9 Å². The summed E-state index contributed by atoms with van der Waals surface area (Å²) in [6.45, 7) is 0.275. The van der Waals surface area contributed by atoms with Crippen LogP contribution in [0.4, 0.5) is 5.69 Å². The Labute approximate surface area is 164 Å². The summed E-state index contributed by atoms with van der Waals surface area (Å²) in [5.41, 5.74) is 4.42. The molecule has 0 saturated heterocycles.